The highest BCUT2D eigenvalue weighted by Crippen LogP contribution is 2.05. The molecule has 0 atom stereocenters. The quantitative estimate of drug-likeness (QED) is 0.604. The van der Waals surface area contributed by atoms with Crippen molar-refractivity contribution in [3.63, 3.8) is 0 Å². The minimum absolute atomic E-state index is 0.126. The average Bonchev–Trinajstić information content (AvgIpc) is 1.97. The maximum atomic E-state index is 10.7. The van der Waals surface area contributed by atoms with Gasteiger partial charge in [0.2, 0.25) is 0 Å². The third-order valence-electron chi connectivity index (χ3n) is 0.694. The predicted molar refractivity (Wildman–Crippen MR) is 47.2 cm³/mol. The van der Waals surface area contributed by atoms with E-state index in [1.54, 1.807) is 11.8 Å². The van der Waals surface area contributed by atoms with Crippen LogP contribution >= 0.6 is 23.8 Å². The SMILES string of the molecule is CCSCC(=O)OSCC. The summed E-state index contributed by atoms with van der Waals surface area (Å²) in [6.45, 7) is 3.97. The first-order valence-corrected chi connectivity index (χ1v) is 5.27. The molecule has 10 heavy (non-hydrogen) atoms. The van der Waals surface area contributed by atoms with Gasteiger partial charge in [-0.2, -0.15) is 11.8 Å². The van der Waals surface area contributed by atoms with E-state index in [1.807, 2.05) is 13.8 Å². The zero-order valence-corrected chi connectivity index (χ0v) is 7.89. The number of hydrogen-bond donors (Lipinski definition) is 0. The Morgan fingerprint density at radius 3 is 2.60 bits per heavy atom. The van der Waals surface area contributed by atoms with Crippen molar-refractivity contribution >= 4 is 29.8 Å². The van der Waals surface area contributed by atoms with E-state index in [-0.39, 0.29) is 5.97 Å². The summed E-state index contributed by atoms with van der Waals surface area (Å²) in [4.78, 5) is 10.7. The Kier molecular flexibility index (Phi) is 7.40. The molecule has 0 heterocycles. The largest absolute Gasteiger partial charge is 0.391 e. The van der Waals surface area contributed by atoms with Crippen molar-refractivity contribution in [3.05, 3.63) is 0 Å². The highest BCUT2D eigenvalue weighted by molar-refractivity contribution is 8.00. The van der Waals surface area contributed by atoms with E-state index in [1.165, 1.54) is 12.0 Å². The van der Waals surface area contributed by atoms with E-state index < -0.39 is 0 Å². The predicted octanol–water partition coefficient (Wildman–Crippen LogP) is 1.95. The molecular weight excluding hydrogens is 168 g/mol. The van der Waals surface area contributed by atoms with Gasteiger partial charge < -0.3 is 4.18 Å². The van der Waals surface area contributed by atoms with E-state index in [9.17, 15) is 4.79 Å². The molecule has 0 N–H and O–H groups in total. The van der Waals surface area contributed by atoms with E-state index in [2.05, 4.69) is 0 Å². The lowest BCUT2D eigenvalue weighted by atomic mass is 10.8. The highest BCUT2D eigenvalue weighted by atomic mass is 32.2. The Balaban J connectivity index is 3.09. The minimum Gasteiger partial charge on any atom is -0.391 e. The third-order valence-corrected chi connectivity index (χ3v) is 2.08. The van der Waals surface area contributed by atoms with E-state index in [0.29, 0.717) is 5.75 Å². The first kappa shape index (κ1) is 10.2. The van der Waals surface area contributed by atoms with Gasteiger partial charge in [-0.1, -0.05) is 13.8 Å². The molecule has 0 aliphatic heterocycles. The molecule has 0 amide bonds. The molecule has 0 aliphatic rings. The molecular formula is C6H12O2S2. The van der Waals surface area contributed by atoms with E-state index >= 15 is 0 Å². The molecule has 0 aromatic carbocycles. The maximum absolute atomic E-state index is 10.7. The summed E-state index contributed by atoms with van der Waals surface area (Å²) in [5, 5.41) is 0. The van der Waals surface area contributed by atoms with Crippen molar-refractivity contribution < 1.29 is 8.98 Å². The zero-order valence-electron chi connectivity index (χ0n) is 6.25. The molecule has 0 aliphatic carbocycles. The van der Waals surface area contributed by atoms with Gasteiger partial charge in [0.25, 0.3) is 0 Å². The Bertz CT molecular complexity index is 85.7. The molecule has 0 aromatic rings. The third kappa shape index (κ3) is 6.29. The Labute approximate surface area is 70.3 Å². The van der Waals surface area contributed by atoms with Crippen molar-refractivity contribution in [1.29, 1.82) is 0 Å². The van der Waals surface area contributed by atoms with Gasteiger partial charge in [0, 0.05) is 5.75 Å². The van der Waals surface area contributed by atoms with Gasteiger partial charge in [-0.05, 0) is 5.75 Å². The monoisotopic (exact) mass is 180 g/mol. The summed E-state index contributed by atoms with van der Waals surface area (Å²) < 4.78 is 4.75. The lowest BCUT2D eigenvalue weighted by molar-refractivity contribution is -0.130. The second-order valence-corrected chi connectivity index (χ2v) is 3.75. The molecule has 4 heteroatoms. The summed E-state index contributed by atoms with van der Waals surface area (Å²) in [5.74, 6) is 2.14. The molecule has 0 bridgehead atoms. The smallest absolute Gasteiger partial charge is 0.327 e. The lowest BCUT2D eigenvalue weighted by Crippen LogP contribution is -2.02. The van der Waals surface area contributed by atoms with Crippen molar-refractivity contribution in [2.45, 2.75) is 13.8 Å². The van der Waals surface area contributed by atoms with Crippen molar-refractivity contribution in [3.8, 4) is 0 Å². The van der Waals surface area contributed by atoms with Crippen LogP contribution in [0.4, 0.5) is 0 Å². The molecule has 0 radical (unpaired) electrons. The second-order valence-electron chi connectivity index (χ2n) is 1.50. The van der Waals surface area contributed by atoms with E-state index in [4.69, 9.17) is 4.18 Å². The van der Waals surface area contributed by atoms with Crippen LogP contribution in [0, 0.1) is 0 Å². The Hall–Kier alpha value is 0.170. The van der Waals surface area contributed by atoms with Gasteiger partial charge in [-0.25, -0.2) is 0 Å². The van der Waals surface area contributed by atoms with Gasteiger partial charge in [0.1, 0.15) is 0 Å². The summed E-state index contributed by atoms with van der Waals surface area (Å²) in [6.07, 6.45) is 0. The van der Waals surface area contributed by atoms with Crippen LogP contribution in [0.2, 0.25) is 0 Å². The van der Waals surface area contributed by atoms with Crippen molar-refractivity contribution in [2.75, 3.05) is 17.3 Å². The first-order valence-electron chi connectivity index (χ1n) is 3.21. The fraction of sp³-hybridized carbons (Fsp3) is 0.833. The summed E-state index contributed by atoms with van der Waals surface area (Å²) in [6, 6.07) is 0. The minimum atomic E-state index is -0.126. The average molecular weight is 180 g/mol. The summed E-state index contributed by atoms with van der Waals surface area (Å²) in [5.41, 5.74) is 0. The molecule has 0 rings (SSSR count). The topological polar surface area (TPSA) is 26.3 Å². The van der Waals surface area contributed by atoms with Crippen LogP contribution < -0.4 is 0 Å². The van der Waals surface area contributed by atoms with Gasteiger partial charge in [-0.3, -0.25) is 4.79 Å². The summed E-state index contributed by atoms with van der Waals surface area (Å²) in [7, 11) is 0. The Morgan fingerprint density at radius 1 is 1.40 bits per heavy atom. The summed E-state index contributed by atoms with van der Waals surface area (Å²) >= 11 is 2.78. The molecule has 0 unspecified atom stereocenters. The molecule has 0 aromatic heterocycles. The van der Waals surface area contributed by atoms with Crippen LogP contribution in [-0.4, -0.2) is 23.2 Å². The van der Waals surface area contributed by atoms with Crippen LogP contribution in [0.1, 0.15) is 13.8 Å². The second kappa shape index (κ2) is 7.28. The highest BCUT2D eigenvalue weighted by Gasteiger charge is 2.00. The normalized spacial score (nSPS) is 9.40. The van der Waals surface area contributed by atoms with Crippen LogP contribution in [0.3, 0.4) is 0 Å². The molecule has 0 saturated heterocycles. The number of hydrogen-bond acceptors (Lipinski definition) is 4. The van der Waals surface area contributed by atoms with Gasteiger partial charge in [0.15, 0.2) is 0 Å². The number of carbonyl (C=O) groups is 1. The van der Waals surface area contributed by atoms with E-state index in [0.717, 1.165) is 11.5 Å². The van der Waals surface area contributed by atoms with Crippen LogP contribution in [0.15, 0.2) is 0 Å². The standard InChI is InChI=1S/C6H12O2S2/c1-3-9-5-6(7)8-10-4-2/h3-5H2,1-2H3. The van der Waals surface area contributed by atoms with Gasteiger partial charge in [0.05, 0.1) is 17.8 Å². The van der Waals surface area contributed by atoms with Crippen molar-refractivity contribution in [2.24, 2.45) is 0 Å². The molecule has 0 fully saturated rings. The molecule has 0 spiro atoms. The molecule has 0 saturated carbocycles. The first-order chi connectivity index (χ1) is 4.81. The molecule has 2 nitrogen and oxygen atoms in total. The van der Waals surface area contributed by atoms with Crippen LogP contribution in [0.5, 0.6) is 0 Å². The maximum Gasteiger partial charge on any atom is 0.327 e. The van der Waals surface area contributed by atoms with Gasteiger partial charge >= 0.3 is 5.97 Å². The fourth-order valence-electron chi connectivity index (χ4n) is 0.334. The molecule has 60 valence electrons. The van der Waals surface area contributed by atoms with Gasteiger partial charge in [-0.15, -0.1) is 0 Å². The fourth-order valence-corrected chi connectivity index (χ4v) is 1.15. The number of thioether (sulfide) groups is 1. The number of rotatable bonds is 5. The number of carbonyl (C=O) groups excluding carboxylic acids is 1. The zero-order chi connectivity index (χ0) is 7.82. The lowest BCUT2D eigenvalue weighted by Gasteiger charge is -1.98. The van der Waals surface area contributed by atoms with Crippen LogP contribution in [-0.2, 0) is 8.98 Å². The van der Waals surface area contributed by atoms with Crippen LogP contribution in [0.25, 0.3) is 0 Å². The van der Waals surface area contributed by atoms with Crippen molar-refractivity contribution in [1.82, 2.24) is 0 Å². The Morgan fingerprint density at radius 2 is 2.10 bits per heavy atom.